The minimum atomic E-state index is -0.224. The smallest absolute Gasteiger partial charge is 0.274 e. The van der Waals surface area contributed by atoms with Gasteiger partial charge in [-0.15, -0.1) is 0 Å². The lowest BCUT2D eigenvalue weighted by atomic mass is 10.2. The molecule has 5 atom stereocenters. The Morgan fingerprint density at radius 1 is 1.26 bits per heavy atom. The molecule has 3 aliphatic rings. The van der Waals surface area contributed by atoms with E-state index in [9.17, 15) is 9.59 Å². The summed E-state index contributed by atoms with van der Waals surface area (Å²) in [5, 5.41) is 13.7. The van der Waals surface area contributed by atoms with Crippen LogP contribution in [-0.4, -0.2) is 64.6 Å². The predicted molar refractivity (Wildman–Crippen MR) is 129 cm³/mol. The molecule has 6 rings (SSSR count). The Bertz CT molecular complexity index is 1330. The molecule has 0 unspecified atom stereocenters. The number of ether oxygens (including phenoxy) is 2. The van der Waals surface area contributed by atoms with Crippen molar-refractivity contribution in [2.75, 3.05) is 38.0 Å². The van der Waals surface area contributed by atoms with Crippen molar-refractivity contribution in [3.8, 4) is 0 Å². The Morgan fingerprint density at radius 2 is 2.09 bits per heavy atom. The molecule has 3 aromatic rings. The van der Waals surface area contributed by atoms with Crippen LogP contribution in [0.1, 0.15) is 35.7 Å². The highest BCUT2D eigenvalue weighted by molar-refractivity contribution is 6.00. The van der Waals surface area contributed by atoms with Crippen LogP contribution in [0.5, 0.6) is 0 Å². The molecule has 11 heteroatoms. The third-order valence-electron chi connectivity index (χ3n) is 7.49. The van der Waals surface area contributed by atoms with E-state index in [2.05, 4.69) is 26.0 Å². The van der Waals surface area contributed by atoms with Crippen molar-refractivity contribution in [3.63, 3.8) is 0 Å². The van der Waals surface area contributed by atoms with Crippen molar-refractivity contribution < 1.29 is 14.3 Å². The third kappa shape index (κ3) is 3.84. The van der Waals surface area contributed by atoms with Crippen LogP contribution in [0.2, 0.25) is 0 Å². The maximum atomic E-state index is 13.2. The van der Waals surface area contributed by atoms with Crippen LogP contribution in [0.4, 0.5) is 17.3 Å². The van der Waals surface area contributed by atoms with Crippen molar-refractivity contribution in [1.29, 1.82) is 0 Å². The van der Waals surface area contributed by atoms with E-state index < -0.39 is 0 Å². The van der Waals surface area contributed by atoms with E-state index in [-0.39, 0.29) is 29.7 Å². The van der Waals surface area contributed by atoms with Gasteiger partial charge < -0.3 is 30.0 Å². The molecule has 3 fully saturated rings. The number of amides is 1. The summed E-state index contributed by atoms with van der Waals surface area (Å²) < 4.78 is 14.3. The van der Waals surface area contributed by atoms with Crippen LogP contribution in [0.25, 0.3) is 5.65 Å². The van der Waals surface area contributed by atoms with E-state index in [0.717, 1.165) is 19.3 Å². The summed E-state index contributed by atoms with van der Waals surface area (Å²) in [7, 11) is 3.47. The Labute approximate surface area is 201 Å². The summed E-state index contributed by atoms with van der Waals surface area (Å²) >= 11 is 0. The molecule has 35 heavy (non-hydrogen) atoms. The second-order valence-corrected chi connectivity index (χ2v) is 9.53. The first kappa shape index (κ1) is 22.1. The zero-order chi connectivity index (χ0) is 24.1. The fourth-order valence-electron chi connectivity index (χ4n) is 5.51. The number of nitrogens with one attached hydrogen (secondary N) is 3. The lowest BCUT2D eigenvalue weighted by Crippen LogP contribution is -2.33. The SMILES string of the molecule is CNc1cc(Nc2cccn([C@@H]3[C@@H]4COC[C@@H]43)c2=O)nc2c(C(=O)N[C@H]3CC[C@H](OC)C3)cnn12. The van der Waals surface area contributed by atoms with Crippen molar-refractivity contribution in [3.05, 3.63) is 46.5 Å². The van der Waals surface area contributed by atoms with Crippen LogP contribution in [0, 0.1) is 11.8 Å². The second-order valence-electron chi connectivity index (χ2n) is 9.53. The molecule has 0 radical (unpaired) electrons. The summed E-state index contributed by atoms with van der Waals surface area (Å²) in [5.74, 6) is 1.70. The molecule has 3 N–H and O–H groups in total. The molecule has 4 heterocycles. The van der Waals surface area contributed by atoms with Crippen molar-refractivity contribution in [2.24, 2.45) is 11.8 Å². The number of methoxy groups -OCH3 is 1. The van der Waals surface area contributed by atoms with E-state index in [1.165, 1.54) is 6.20 Å². The first-order chi connectivity index (χ1) is 17.1. The van der Waals surface area contributed by atoms with Gasteiger partial charge in [-0.25, -0.2) is 4.98 Å². The maximum absolute atomic E-state index is 13.2. The zero-order valence-corrected chi connectivity index (χ0v) is 19.7. The van der Waals surface area contributed by atoms with Gasteiger partial charge in [0.05, 0.1) is 25.5 Å². The molecular formula is C24H29N7O4. The number of hydrogen-bond acceptors (Lipinski definition) is 8. The molecule has 1 amide bonds. The third-order valence-corrected chi connectivity index (χ3v) is 7.49. The highest BCUT2D eigenvalue weighted by atomic mass is 16.5. The summed E-state index contributed by atoms with van der Waals surface area (Å²) in [6, 6.07) is 5.62. The first-order valence-corrected chi connectivity index (χ1v) is 12.0. The molecule has 1 saturated heterocycles. The normalized spacial score (nSPS) is 27.1. The van der Waals surface area contributed by atoms with Gasteiger partial charge in [0.15, 0.2) is 5.65 Å². The zero-order valence-electron chi connectivity index (χ0n) is 19.7. The summed E-state index contributed by atoms with van der Waals surface area (Å²) in [4.78, 5) is 30.9. The number of nitrogens with zero attached hydrogens (tertiary/aromatic N) is 4. The molecule has 3 aromatic heterocycles. The maximum Gasteiger partial charge on any atom is 0.274 e. The van der Waals surface area contributed by atoms with E-state index in [0.29, 0.717) is 53.6 Å². The fraction of sp³-hybridized carbons (Fsp3) is 0.500. The van der Waals surface area contributed by atoms with Gasteiger partial charge >= 0.3 is 0 Å². The van der Waals surface area contributed by atoms with Crippen LogP contribution < -0.4 is 21.5 Å². The standard InChI is InChI=1S/C24H29N7O4/c1-25-20-9-19(28-18-4-3-7-30(24(18)33)21-16-11-35-12-17(16)21)29-22-15(10-26-31(20)22)23(32)27-13-5-6-14(8-13)34-2/h3-4,7,9-10,13-14,16-17,21,25H,5-6,8,11-12H2,1-2H3,(H,27,32)(H,28,29)/t13-,14-,16-,17+,21-/m0/s1. The number of anilines is 3. The Hall–Kier alpha value is -3.44. The van der Waals surface area contributed by atoms with Gasteiger partial charge in [0.2, 0.25) is 0 Å². The average molecular weight is 480 g/mol. The quantitative estimate of drug-likeness (QED) is 0.469. The number of aromatic nitrogens is 4. The van der Waals surface area contributed by atoms with Crippen molar-refractivity contribution >= 4 is 28.9 Å². The van der Waals surface area contributed by atoms with Crippen LogP contribution in [-0.2, 0) is 9.47 Å². The molecule has 2 aliphatic carbocycles. The van der Waals surface area contributed by atoms with Crippen LogP contribution >= 0.6 is 0 Å². The molecule has 0 bridgehead atoms. The van der Waals surface area contributed by atoms with Gasteiger partial charge in [-0.1, -0.05) is 0 Å². The number of fused-ring (bicyclic) bond motifs is 2. The Morgan fingerprint density at radius 3 is 2.83 bits per heavy atom. The van der Waals surface area contributed by atoms with Gasteiger partial charge in [0, 0.05) is 50.3 Å². The predicted octanol–water partition coefficient (Wildman–Crippen LogP) is 1.79. The van der Waals surface area contributed by atoms with E-state index in [4.69, 9.17) is 9.47 Å². The number of rotatable bonds is 7. The van der Waals surface area contributed by atoms with Crippen LogP contribution in [0.15, 0.2) is 35.4 Å². The molecule has 11 nitrogen and oxygen atoms in total. The number of carbonyl (C=O) groups excluding carboxylic acids is 1. The van der Waals surface area contributed by atoms with Gasteiger partial charge in [-0.3, -0.25) is 9.59 Å². The van der Waals surface area contributed by atoms with Gasteiger partial charge in [0.1, 0.15) is 22.9 Å². The van der Waals surface area contributed by atoms with Crippen molar-refractivity contribution in [2.45, 2.75) is 37.5 Å². The Balaban J connectivity index is 1.28. The van der Waals surface area contributed by atoms with E-state index in [1.807, 2.05) is 12.3 Å². The highest BCUT2D eigenvalue weighted by Gasteiger charge is 2.55. The molecular weight excluding hydrogens is 450 g/mol. The van der Waals surface area contributed by atoms with Crippen LogP contribution in [0.3, 0.4) is 0 Å². The number of hydrogen-bond donors (Lipinski definition) is 3. The summed E-state index contributed by atoms with van der Waals surface area (Å²) in [6.45, 7) is 1.42. The number of pyridine rings is 1. The Kier molecular flexibility index (Phi) is 5.45. The van der Waals surface area contributed by atoms with Gasteiger partial charge in [-0.05, 0) is 31.4 Å². The summed E-state index contributed by atoms with van der Waals surface area (Å²) in [6.07, 6.45) is 6.12. The molecule has 2 saturated carbocycles. The van der Waals surface area contributed by atoms with Gasteiger partial charge in [0.25, 0.3) is 11.5 Å². The molecule has 1 aliphatic heterocycles. The molecule has 0 spiro atoms. The fourth-order valence-corrected chi connectivity index (χ4v) is 5.51. The highest BCUT2D eigenvalue weighted by Crippen LogP contribution is 2.53. The lowest BCUT2D eigenvalue weighted by Gasteiger charge is -2.14. The largest absolute Gasteiger partial charge is 0.381 e. The minimum absolute atomic E-state index is 0.0579. The van der Waals surface area contributed by atoms with Gasteiger partial charge in [-0.2, -0.15) is 9.61 Å². The van der Waals surface area contributed by atoms with E-state index in [1.54, 1.807) is 35.4 Å². The second kappa shape index (κ2) is 8.65. The molecule has 0 aromatic carbocycles. The average Bonchev–Trinajstić information content (AvgIpc) is 3.31. The molecule has 184 valence electrons. The van der Waals surface area contributed by atoms with Crippen molar-refractivity contribution in [1.82, 2.24) is 24.5 Å². The van der Waals surface area contributed by atoms with E-state index >= 15 is 0 Å². The lowest BCUT2D eigenvalue weighted by molar-refractivity contribution is 0.0916. The first-order valence-electron chi connectivity index (χ1n) is 12.0. The summed E-state index contributed by atoms with van der Waals surface area (Å²) in [5.41, 5.74) is 1.12. The monoisotopic (exact) mass is 479 g/mol. The topological polar surface area (TPSA) is 124 Å². The minimum Gasteiger partial charge on any atom is -0.381 e. The number of carbonyl (C=O) groups is 1.